The molecule has 1 atom stereocenters. The Morgan fingerprint density at radius 1 is 1.15 bits per heavy atom. The van der Waals surface area contributed by atoms with Crippen LogP contribution in [-0.2, 0) is 6.42 Å². The summed E-state index contributed by atoms with van der Waals surface area (Å²) in [5, 5.41) is 0. The molecular formula is C17H18ClFO. The van der Waals surface area contributed by atoms with Gasteiger partial charge < -0.3 is 4.74 Å². The maximum atomic E-state index is 13.7. The first-order chi connectivity index (χ1) is 9.63. The van der Waals surface area contributed by atoms with Gasteiger partial charge in [-0.1, -0.05) is 35.9 Å². The summed E-state index contributed by atoms with van der Waals surface area (Å²) in [4.78, 5) is 0. The Morgan fingerprint density at radius 2 is 1.85 bits per heavy atom. The Kier molecular flexibility index (Phi) is 5.02. The minimum absolute atomic E-state index is 0.185. The van der Waals surface area contributed by atoms with Gasteiger partial charge in [-0.05, 0) is 36.6 Å². The van der Waals surface area contributed by atoms with Gasteiger partial charge in [0, 0.05) is 11.8 Å². The van der Waals surface area contributed by atoms with E-state index in [0.29, 0.717) is 12.3 Å². The smallest absolute Gasteiger partial charge is 0.165 e. The topological polar surface area (TPSA) is 9.23 Å². The van der Waals surface area contributed by atoms with Crippen molar-refractivity contribution in [3.05, 3.63) is 65.0 Å². The average Bonchev–Trinajstić information content (AvgIpc) is 2.46. The van der Waals surface area contributed by atoms with Gasteiger partial charge in [0.1, 0.15) is 0 Å². The molecule has 2 aromatic rings. The minimum atomic E-state index is -0.331. The molecule has 3 heteroatoms. The lowest BCUT2D eigenvalue weighted by Crippen LogP contribution is -2.05. The van der Waals surface area contributed by atoms with E-state index in [1.54, 1.807) is 6.07 Å². The molecule has 0 aliphatic rings. The summed E-state index contributed by atoms with van der Waals surface area (Å²) in [6.45, 7) is 2.05. The number of aryl methyl sites for hydroxylation is 1. The van der Waals surface area contributed by atoms with Gasteiger partial charge in [0.2, 0.25) is 0 Å². The number of methoxy groups -OCH3 is 1. The van der Waals surface area contributed by atoms with Gasteiger partial charge in [-0.3, -0.25) is 0 Å². The van der Waals surface area contributed by atoms with Gasteiger partial charge >= 0.3 is 0 Å². The molecule has 2 rings (SSSR count). The van der Waals surface area contributed by atoms with Crippen molar-refractivity contribution in [2.45, 2.75) is 19.3 Å². The highest BCUT2D eigenvalue weighted by molar-refractivity contribution is 6.18. The van der Waals surface area contributed by atoms with Crippen LogP contribution in [0.25, 0.3) is 0 Å². The first-order valence-electron chi connectivity index (χ1n) is 6.59. The van der Waals surface area contributed by atoms with E-state index >= 15 is 0 Å². The molecule has 0 aliphatic heterocycles. The van der Waals surface area contributed by atoms with E-state index in [1.165, 1.54) is 24.3 Å². The monoisotopic (exact) mass is 292 g/mol. The molecule has 0 aromatic heterocycles. The zero-order chi connectivity index (χ0) is 14.5. The molecule has 0 saturated carbocycles. The van der Waals surface area contributed by atoms with Gasteiger partial charge in [-0.2, -0.15) is 0 Å². The SMILES string of the molecule is COc1ccc(CC(CCl)c2ccc(C)cc2)cc1F. The Balaban J connectivity index is 2.17. The molecule has 1 nitrogen and oxygen atoms in total. The second-order valence-corrected chi connectivity index (χ2v) is 5.24. The third-order valence-corrected chi connectivity index (χ3v) is 3.81. The Labute approximate surface area is 124 Å². The van der Waals surface area contributed by atoms with Crippen molar-refractivity contribution in [3.8, 4) is 5.75 Å². The van der Waals surface area contributed by atoms with Crippen LogP contribution in [-0.4, -0.2) is 13.0 Å². The van der Waals surface area contributed by atoms with Gasteiger partial charge in [-0.15, -0.1) is 11.6 Å². The fourth-order valence-corrected chi connectivity index (χ4v) is 2.51. The molecule has 0 fully saturated rings. The molecule has 0 saturated heterocycles. The predicted molar refractivity (Wildman–Crippen MR) is 81.3 cm³/mol. The van der Waals surface area contributed by atoms with Crippen LogP contribution in [0.3, 0.4) is 0 Å². The minimum Gasteiger partial charge on any atom is -0.494 e. The molecular weight excluding hydrogens is 275 g/mol. The molecule has 1 unspecified atom stereocenters. The highest BCUT2D eigenvalue weighted by Crippen LogP contribution is 2.25. The maximum Gasteiger partial charge on any atom is 0.165 e. The zero-order valence-electron chi connectivity index (χ0n) is 11.7. The summed E-state index contributed by atoms with van der Waals surface area (Å²) < 4.78 is 18.6. The Bertz CT molecular complexity index is 566. The summed E-state index contributed by atoms with van der Waals surface area (Å²) in [6, 6.07) is 13.4. The van der Waals surface area contributed by atoms with Crippen molar-refractivity contribution in [1.29, 1.82) is 0 Å². The zero-order valence-corrected chi connectivity index (χ0v) is 12.5. The van der Waals surface area contributed by atoms with E-state index < -0.39 is 0 Å². The first-order valence-corrected chi connectivity index (χ1v) is 7.12. The fourth-order valence-electron chi connectivity index (χ4n) is 2.22. The third-order valence-electron chi connectivity index (χ3n) is 3.43. The summed E-state index contributed by atoms with van der Waals surface area (Å²) in [7, 11) is 1.46. The number of ether oxygens (including phenoxy) is 1. The predicted octanol–water partition coefficient (Wildman–Crippen LogP) is 4.71. The molecule has 0 aliphatic carbocycles. The second-order valence-electron chi connectivity index (χ2n) is 4.93. The van der Waals surface area contributed by atoms with Crippen LogP contribution in [0.1, 0.15) is 22.6 Å². The first kappa shape index (κ1) is 14.9. The quantitative estimate of drug-likeness (QED) is 0.725. The van der Waals surface area contributed by atoms with E-state index in [2.05, 4.69) is 31.2 Å². The van der Waals surface area contributed by atoms with Crippen molar-refractivity contribution in [3.63, 3.8) is 0 Å². The van der Waals surface area contributed by atoms with Gasteiger partial charge in [0.25, 0.3) is 0 Å². The van der Waals surface area contributed by atoms with E-state index in [4.69, 9.17) is 16.3 Å². The fraction of sp³-hybridized carbons (Fsp3) is 0.294. The van der Waals surface area contributed by atoms with Crippen LogP contribution in [0, 0.1) is 12.7 Å². The third kappa shape index (κ3) is 3.51. The van der Waals surface area contributed by atoms with E-state index in [9.17, 15) is 4.39 Å². The molecule has 20 heavy (non-hydrogen) atoms. The number of halogens is 2. The molecule has 0 radical (unpaired) electrons. The number of rotatable bonds is 5. The van der Waals surface area contributed by atoms with E-state index in [1.807, 2.05) is 6.07 Å². The van der Waals surface area contributed by atoms with Crippen LogP contribution in [0.5, 0.6) is 5.75 Å². The number of hydrogen-bond acceptors (Lipinski definition) is 1. The molecule has 2 aromatic carbocycles. The summed E-state index contributed by atoms with van der Waals surface area (Å²) >= 11 is 6.07. The lowest BCUT2D eigenvalue weighted by Gasteiger charge is -2.15. The molecule has 0 N–H and O–H groups in total. The van der Waals surface area contributed by atoms with Gasteiger partial charge in [0.05, 0.1) is 7.11 Å². The molecule has 0 heterocycles. The summed E-state index contributed by atoms with van der Waals surface area (Å²) in [6.07, 6.45) is 0.716. The standard InChI is InChI=1S/C17H18ClFO/c1-12-3-6-14(7-4-12)15(11-18)9-13-5-8-17(20-2)16(19)10-13/h3-8,10,15H,9,11H2,1-2H3. The van der Waals surface area contributed by atoms with Crippen LogP contribution in [0.4, 0.5) is 4.39 Å². The average molecular weight is 293 g/mol. The Morgan fingerprint density at radius 3 is 2.40 bits per heavy atom. The number of hydrogen-bond donors (Lipinski definition) is 0. The lowest BCUT2D eigenvalue weighted by molar-refractivity contribution is 0.386. The normalized spacial score (nSPS) is 12.2. The summed E-state index contributed by atoms with van der Waals surface area (Å²) in [5.41, 5.74) is 3.33. The second kappa shape index (κ2) is 6.76. The van der Waals surface area contributed by atoms with Crippen LogP contribution in [0.15, 0.2) is 42.5 Å². The number of alkyl halides is 1. The maximum absolute atomic E-state index is 13.7. The molecule has 106 valence electrons. The lowest BCUT2D eigenvalue weighted by atomic mass is 9.93. The number of benzene rings is 2. The van der Waals surface area contributed by atoms with Crippen LogP contribution >= 0.6 is 11.6 Å². The van der Waals surface area contributed by atoms with Crippen molar-refractivity contribution < 1.29 is 9.13 Å². The van der Waals surface area contributed by atoms with E-state index in [0.717, 1.165) is 5.56 Å². The highest BCUT2D eigenvalue weighted by Gasteiger charge is 2.13. The van der Waals surface area contributed by atoms with Crippen LogP contribution in [0.2, 0.25) is 0 Å². The van der Waals surface area contributed by atoms with Crippen LogP contribution < -0.4 is 4.74 Å². The van der Waals surface area contributed by atoms with Crippen molar-refractivity contribution >= 4 is 11.6 Å². The molecule has 0 spiro atoms. The van der Waals surface area contributed by atoms with Crippen molar-refractivity contribution in [2.24, 2.45) is 0 Å². The van der Waals surface area contributed by atoms with E-state index in [-0.39, 0.29) is 17.5 Å². The van der Waals surface area contributed by atoms with Crippen molar-refractivity contribution in [1.82, 2.24) is 0 Å². The van der Waals surface area contributed by atoms with Crippen molar-refractivity contribution in [2.75, 3.05) is 13.0 Å². The highest BCUT2D eigenvalue weighted by atomic mass is 35.5. The largest absolute Gasteiger partial charge is 0.494 e. The van der Waals surface area contributed by atoms with Gasteiger partial charge in [0.15, 0.2) is 11.6 Å². The molecule has 0 amide bonds. The molecule has 0 bridgehead atoms. The van der Waals surface area contributed by atoms with Gasteiger partial charge in [-0.25, -0.2) is 4.39 Å². The summed E-state index contributed by atoms with van der Waals surface area (Å²) in [5.74, 6) is 0.635. The Hall–Kier alpha value is -1.54.